The Hall–Kier alpha value is -4.86. The molecule has 332 valence electrons. The highest BCUT2D eigenvalue weighted by molar-refractivity contribution is 6.04. The monoisotopic (exact) mass is 836 g/mol. The molecule has 0 saturated carbocycles. The highest BCUT2D eigenvalue weighted by atomic mass is 16.7. The normalized spacial score (nSPS) is 24.1. The third-order valence-corrected chi connectivity index (χ3v) is 10.2. The standard InChI is InChI=1S/C46H68N4O10/c1-30(21-15-12-13-20-28-50(6)46(47)48)22-16-14-17-23-31(2)29-34(5)41(59-45-40(55)38(53)39(54)42(60-45)44(57)58)32(3)24-18-10-8-7-9-11-19-25-33(4)43(56)49-37-35(51)26-27-36(37)52/h7-12,15-16,18-19,22,24-25,29-32,38-42,45,51,53-55H,13-14,17,20-21,23,26-28H2,1-6H3,(H3,47,48)(H,49,56)(H,57,58). The van der Waals surface area contributed by atoms with Crippen LogP contribution in [-0.2, 0) is 23.9 Å². The molecule has 2 rings (SSSR count). The minimum atomic E-state index is -1.83. The summed E-state index contributed by atoms with van der Waals surface area (Å²) in [5.74, 6) is -1.98. The quantitative estimate of drug-likeness (QED) is 0.0144. The molecular formula is C46H68N4O10. The topological polar surface area (TPSA) is 236 Å². The lowest BCUT2D eigenvalue weighted by molar-refractivity contribution is -0.303. The summed E-state index contributed by atoms with van der Waals surface area (Å²) in [6.45, 7) is 10.5. The second-order valence-electron chi connectivity index (χ2n) is 15.6. The zero-order valence-electron chi connectivity index (χ0n) is 35.9. The van der Waals surface area contributed by atoms with Gasteiger partial charge in [0.25, 0.3) is 5.91 Å². The van der Waals surface area contributed by atoms with Crippen molar-refractivity contribution in [1.29, 1.82) is 5.41 Å². The molecule has 0 aromatic heterocycles. The predicted octanol–water partition coefficient (Wildman–Crippen LogP) is 5.82. The maximum atomic E-state index is 12.3. The third-order valence-electron chi connectivity index (χ3n) is 10.2. The number of ether oxygens (including phenoxy) is 2. The minimum absolute atomic E-state index is 0.0435. The SMILES string of the molecule is CC(=CC=CC=CC=CC=CC(C)C(OC1OC(C(=O)O)C(O)C(O)C1O)C(C)=CC(C)CCCC=CC(C)CC=CCCCN(C)C(=N)N)C(=O)NC1=C(O)CCC1=O. The van der Waals surface area contributed by atoms with Gasteiger partial charge in [-0.1, -0.05) is 106 Å². The van der Waals surface area contributed by atoms with Crippen LogP contribution >= 0.6 is 0 Å². The molecule has 1 heterocycles. The first-order chi connectivity index (χ1) is 28.4. The number of rotatable bonds is 24. The van der Waals surface area contributed by atoms with E-state index in [0.717, 1.165) is 50.6 Å². The Morgan fingerprint density at radius 2 is 1.57 bits per heavy atom. The molecular weight excluding hydrogens is 769 g/mol. The summed E-state index contributed by atoms with van der Waals surface area (Å²) in [7, 11) is 1.82. The van der Waals surface area contributed by atoms with Gasteiger partial charge >= 0.3 is 5.97 Å². The number of hydrogen-bond donors (Lipinski definition) is 8. The number of nitrogens with zero attached hydrogens (tertiary/aromatic N) is 1. The first-order valence-corrected chi connectivity index (χ1v) is 20.7. The molecule has 14 nitrogen and oxygen atoms in total. The average Bonchev–Trinajstić information content (AvgIpc) is 3.51. The Labute approximate surface area is 355 Å². The number of carboxylic acid groups (broad SMARTS) is 1. The van der Waals surface area contributed by atoms with Crippen molar-refractivity contribution in [3.05, 3.63) is 108 Å². The number of unbranched alkanes of at least 4 members (excludes halogenated alkanes) is 2. The van der Waals surface area contributed by atoms with Gasteiger partial charge in [0.15, 0.2) is 24.1 Å². The van der Waals surface area contributed by atoms with E-state index in [9.17, 15) is 39.9 Å². The molecule has 0 radical (unpaired) electrons. The lowest BCUT2D eigenvalue weighted by Crippen LogP contribution is -2.61. The Kier molecular flexibility index (Phi) is 23.1. The van der Waals surface area contributed by atoms with Gasteiger partial charge < -0.3 is 51.0 Å². The number of aliphatic hydroxyl groups is 4. The van der Waals surface area contributed by atoms with Gasteiger partial charge in [0, 0.05) is 37.9 Å². The van der Waals surface area contributed by atoms with Crippen LogP contribution < -0.4 is 11.1 Å². The van der Waals surface area contributed by atoms with Crippen LogP contribution in [0.1, 0.15) is 86.0 Å². The van der Waals surface area contributed by atoms with Gasteiger partial charge in [0.05, 0.1) is 6.10 Å². The smallest absolute Gasteiger partial charge is 0.335 e. The van der Waals surface area contributed by atoms with Crippen molar-refractivity contribution in [2.75, 3.05) is 13.6 Å². The van der Waals surface area contributed by atoms with E-state index < -0.39 is 48.7 Å². The molecule has 1 saturated heterocycles. The summed E-state index contributed by atoms with van der Waals surface area (Å²) < 4.78 is 11.7. The van der Waals surface area contributed by atoms with Crippen molar-refractivity contribution >= 4 is 23.6 Å². The van der Waals surface area contributed by atoms with Gasteiger partial charge in [-0.2, -0.15) is 0 Å². The van der Waals surface area contributed by atoms with Crippen LogP contribution in [0.2, 0.25) is 0 Å². The molecule has 0 bridgehead atoms. The number of guanidine groups is 1. The highest BCUT2D eigenvalue weighted by Crippen LogP contribution is 2.29. The summed E-state index contributed by atoms with van der Waals surface area (Å²) in [5.41, 5.74) is 6.62. The molecule has 14 heteroatoms. The van der Waals surface area contributed by atoms with Gasteiger partial charge in [-0.05, 0) is 69.8 Å². The van der Waals surface area contributed by atoms with E-state index in [-0.39, 0.29) is 47.9 Å². The Morgan fingerprint density at radius 3 is 2.20 bits per heavy atom. The molecule has 1 amide bonds. The van der Waals surface area contributed by atoms with E-state index in [0.29, 0.717) is 11.5 Å². The van der Waals surface area contributed by atoms with Crippen LogP contribution in [0, 0.1) is 23.2 Å². The molecule has 1 fully saturated rings. The lowest BCUT2D eigenvalue weighted by Gasteiger charge is -2.40. The van der Waals surface area contributed by atoms with Gasteiger partial charge in [-0.15, -0.1) is 0 Å². The predicted molar refractivity (Wildman–Crippen MR) is 233 cm³/mol. The van der Waals surface area contributed by atoms with E-state index in [2.05, 4.69) is 49.5 Å². The van der Waals surface area contributed by atoms with Crippen molar-refractivity contribution in [2.45, 2.75) is 123 Å². The molecule has 1 aliphatic heterocycles. The van der Waals surface area contributed by atoms with Gasteiger partial charge in [-0.25, -0.2) is 4.79 Å². The van der Waals surface area contributed by atoms with Gasteiger partial charge in [-0.3, -0.25) is 15.0 Å². The summed E-state index contributed by atoms with van der Waals surface area (Å²) in [6.07, 6.45) is 23.6. The fourth-order valence-electron chi connectivity index (χ4n) is 6.48. The van der Waals surface area contributed by atoms with Crippen molar-refractivity contribution in [2.24, 2.45) is 23.5 Å². The maximum absolute atomic E-state index is 12.3. The van der Waals surface area contributed by atoms with Gasteiger partial charge in [0.1, 0.15) is 29.8 Å². The number of allylic oxidation sites excluding steroid dienone is 15. The molecule has 9 unspecified atom stereocenters. The number of aliphatic hydroxyl groups excluding tert-OH is 4. The molecule has 1 aliphatic carbocycles. The van der Waals surface area contributed by atoms with Crippen molar-refractivity contribution < 1.29 is 49.4 Å². The molecule has 0 aromatic carbocycles. The van der Waals surface area contributed by atoms with E-state index in [4.69, 9.17) is 20.6 Å². The van der Waals surface area contributed by atoms with Crippen LogP contribution in [0.15, 0.2) is 108 Å². The average molecular weight is 837 g/mol. The summed E-state index contributed by atoms with van der Waals surface area (Å²) >= 11 is 0. The molecule has 0 spiro atoms. The van der Waals surface area contributed by atoms with Gasteiger partial charge in [0.2, 0.25) is 0 Å². The summed E-state index contributed by atoms with van der Waals surface area (Å²) in [4.78, 5) is 37.6. The molecule has 9 N–H and O–H groups in total. The largest absolute Gasteiger partial charge is 0.510 e. The maximum Gasteiger partial charge on any atom is 0.335 e. The van der Waals surface area contributed by atoms with E-state index in [1.807, 2.05) is 39.1 Å². The van der Waals surface area contributed by atoms with Crippen molar-refractivity contribution in [3.8, 4) is 0 Å². The fraction of sp³-hybridized carbons (Fsp3) is 0.522. The Morgan fingerprint density at radius 1 is 0.917 bits per heavy atom. The third kappa shape index (κ3) is 18.2. The number of carbonyl (C=O) groups is 3. The van der Waals surface area contributed by atoms with Crippen LogP contribution in [0.4, 0.5) is 0 Å². The number of nitrogens with one attached hydrogen (secondary N) is 2. The second kappa shape index (κ2) is 27.1. The first-order valence-electron chi connectivity index (χ1n) is 20.7. The van der Waals surface area contributed by atoms with E-state index >= 15 is 0 Å². The van der Waals surface area contributed by atoms with E-state index in [1.54, 1.807) is 48.3 Å². The number of amides is 1. The van der Waals surface area contributed by atoms with E-state index in [1.165, 1.54) is 0 Å². The van der Waals surface area contributed by atoms with Crippen molar-refractivity contribution in [1.82, 2.24) is 10.2 Å². The Bertz CT molecular complexity index is 1710. The number of carboxylic acids is 1. The zero-order chi connectivity index (χ0) is 44.8. The fourth-order valence-corrected chi connectivity index (χ4v) is 6.48. The zero-order valence-corrected chi connectivity index (χ0v) is 35.9. The molecule has 9 atom stereocenters. The second-order valence-corrected chi connectivity index (χ2v) is 15.6. The van der Waals surface area contributed by atoms with Crippen LogP contribution in [0.5, 0.6) is 0 Å². The van der Waals surface area contributed by atoms with Crippen molar-refractivity contribution in [3.63, 3.8) is 0 Å². The number of aliphatic carboxylic acids is 1. The number of ketones is 1. The number of Topliss-reactive ketones (excluding diaryl/α,β-unsaturated/α-hetero) is 1. The summed E-state index contributed by atoms with van der Waals surface area (Å²) in [6, 6.07) is 0. The number of carbonyl (C=O) groups excluding carboxylic acids is 2. The number of hydrogen-bond acceptors (Lipinski definition) is 10. The molecule has 60 heavy (non-hydrogen) atoms. The highest BCUT2D eigenvalue weighted by Gasteiger charge is 2.48. The minimum Gasteiger partial charge on any atom is -0.510 e. The van der Waals surface area contributed by atoms with Crippen LogP contribution in [-0.4, -0.2) is 104 Å². The van der Waals surface area contributed by atoms with Crippen LogP contribution in [0.3, 0.4) is 0 Å². The first kappa shape index (κ1) is 51.3. The molecule has 2 aliphatic rings. The Balaban J connectivity index is 2.01. The van der Waals surface area contributed by atoms with Crippen LogP contribution in [0.25, 0.3) is 0 Å². The summed E-state index contributed by atoms with van der Waals surface area (Å²) in [5, 5.41) is 60.5. The molecule has 0 aromatic rings. The lowest BCUT2D eigenvalue weighted by atomic mass is 9.92. The number of nitrogens with two attached hydrogens (primary N) is 1.